The highest BCUT2D eigenvalue weighted by Gasteiger charge is 2.15. The van der Waals surface area contributed by atoms with E-state index in [1.165, 1.54) is 6.07 Å². The van der Waals surface area contributed by atoms with Crippen LogP contribution in [0.4, 0.5) is 8.78 Å². The largest absolute Gasteiger partial charge is 0.394 e. The molecule has 1 aromatic heterocycles. The number of rotatable bonds is 3. The Balaban J connectivity index is 2.33. The van der Waals surface area contributed by atoms with Crippen LogP contribution in [0.3, 0.4) is 0 Å². The van der Waals surface area contributed by atoms with Crippen LogP contribution in [-0.4, -0.2) is 21.9 Å². The van der Waals surface area contributed by atoms with Crippen LogP contribution in [0, 0.1) is 11.6 Å². The van der Waals surface area contributed by atoms with E-state index >= 15 is 0 Å². The Labute approximate surface area is 94.9 Å². The lowest BCUT2D eigenvalue weighted by Gasteiger charge is -1.98. The Morgan fingerprint density at radius 3 is 2.76 bits per heavy atom. The maximum Gasteiger partial charge on any atom is 0.246 e. The fourth-order valence-corrected chi connectivity index (χ4v) is 1.22. The fourth-order valence-electron chi connectivity index (χ4n) is 1.22. The van der Waals surface area contributed by atoms with Crippen molar-refractivity contribution in [3.8, 4) is 11.4 Å². The summed E-state index contributed by atoms with van der Waals surface area (Å²) in [4.78, 5) is 3.87. The van der Waals surface area contributed by atoms with Gasteiger partial charge in [-0.15, -0.1) is 0 Å². The van der Waals surface area contributed by atoms with Crippen molar-refractivity contribution in [2.75, 3.05) is 6.61 Å². The van der Waals surface area contributed by atoms with Gasteiger partial charge in [0.05, 0.1) is 6.61 Å². The highest BCUT2D eigenvalue weighted by atomic mass is 19.2. The molecule has 2 aromatic rings. The van der Waals surface area contributed by atoms with Gasteiger partial charge in [0.1, 0.15) is 6.04 Å². The molecule has 0 spiro atoms. The SMILES string of the molecule is N[C@@H](CO)c1nc(-c2ccc(F)c(F)c2)no1. The summed E-state index contributed by atoms with van der Waals surface area (Å²) in [6, 6.07) is 2.44. The molecule has 0 radical (unpaired) electrons. The molecule has 0 bridgehead atoms. The second-order valence-corrected chi connectivity index (χ2v) is 3.37. The summed E-state index contributed by atoms with van der Waals surface area (Å²) in [5.74, 6) is -1.83. The highest BCUT2D eigenvalue weighted by molar-refractivity contribution is 5.54. The monoisotopic (exact) mass is 241 g/mol. The van der Waals surface area contributed by atoms with Crippen molar-refractivity contribution >= 4 is 0 Å². The fraction of sp³-hybridized carbons (Fsp3) is 0.200. The van der Waals surface area contributed by atoms with Gasteiger partial charge in [0, 0.05) is 5.56 Å². The first kappa shape index (κ1) is 11.6. The number of halogens is 2. The molecule has 0 aliphatic rings. The van der Waals surface area contributed by atoms with Crippen LogP contribution in [0.1, 0.15) is 11.9 Å². The second kappa shape index (κ2) is 4.56. The first-order chi connectivity index (χ1) is 8.11. The van der Waals surface area contributed by atoms with E-state index in [9.17, 15) is 8.78 Å². The molecule has 7 heteroatoms. The van der Waals surface area contributed by atoms with Crippen molar-refractivity contribution in [1.82, 2.24) is 10.1 Å². The summed E-state index contributed by atoms with van der Waals surface area (Å²) in [6.07, 6.45) is 0. The molecule has 0 fully saturated rings. The van der Waals surface area contributed by atoms with E-state index in [1.807, 2.05) is 0 Å². The lowest BCUT2D eigenvalue weighted by molar-refractivity contribution is 0.237. The summed E-state index contributed by atoms with van der Waals surface area (Å²) in [5.41, 5.74) is 5.73. The predicted molar refractivity (Wildman–Crippen MR) is 53.7 cm³/mol. The van der Waals surface area contributed by atoms with Crippen molar-refractivity contribution < 1.29 is 18.4 Å². The van der Waals surface area contributed by atoms with Crippen molar-refractivity contribution in [3.05, 3.63) is 35.7 Å². The zero-order valence-corrected chi connectivity index (χ0v) is 8.60. The van der Waals surface area contributed by atoms with Crippen LogP contribution >= 0.6 is 0 Å². The molecule has 1 heterocycles. The van der Waals surface area contributed by atoms with E-state index in [0.717, 1.165) is 12.1 Å². The predicted octanol–water partition coefficient (Wildman–Crippen LogP) is 1.01. The quantitative estimate of drug-likeness (QED) is 0.837. The minimum absolute atomic E-state index is 0.0345. The van der Waals surface area contributed by atoms with Crippen molar-refractivity contribution in [1.29, 1.82) is 0 Å². The van der Waals surface area contributed by atoms with Gasteiger partial charge in [-0.25, -0.2) is 8.78 Å². The van der Waals surface area contributed by atoms with Gasteiger partial charge in [-0.1, -0.05) is 5.16 Å². The van der Waals surface area contributed by atoms with Crippen molar-refractivity contribution in [3.63, 3.8) is 0 Å². The molecule has 0 amide bonds. The third-order valence-corrected chi connectivity index (χ3v) is 2.13. The van der Waals surface area contributed by atoms with Crippen molar-refractivity contribution in [2.45, 2.75) is 6.04 Å². The summed E-state index contributed by atoms with van der Waals surface area (Å²) in [6.45, 7) is -0.348. The summed E-state index contributed by atoms with van der Waals surface area (Å²) < 4.78 is 30.5. The first-order valence-electron chi connectivity index (χ1n) is 4.77. The number of benzene rings is 1. The van der Waals surface area contributed by atoms with Crippen LogP contribution in [0.2, 0.25) is 0 Å². The van der Waals surface area contributed by atoms with Gasteiger partial charge in [0.2, 0.25) is 11.7 Å². The average Bonchev–Trinajstić information content (AvgIpc) is 2.81. The van der Waals surface area contributed by atoms with E-state index in [2.05, 4.69) is 10.1 Å². The Morgan fingerprint density at radius 2 is 2.12 bits per heavy atom. The van der Waals surface area contributed by atoms with Gasteiger partial charge >= 0.3 is 0 Å². The number of nitrogens with zero attached hydrogens (tertiary/aromatic N) is 2. The molecule has 0 saturated heterocycles. The number of hydrogen-bond donors (Lipinski definition) is 2. The van der Waals surface area contributed by atoms with E-state index in [-0.39, 0.29) is 23.9 Å². The number of aromatic nitrogens is 2. The van der Waals surface area contributed by atoms with Crippen LogP contribution < -0.4 is 5.73 Å². The van der Waals surface area contributed by atoms with E-state index in [0.29, 0.717) is 0 Å². The molecule has 90 valence electrons. The lowest BCUT2D eigenvalue weighted by atomic mass is 10.2. The van der Waals surface area contributed by atoms with Gasteiger partial charge < -0.3 is 15.4 Å². The summed E-state index contributed by atoms with van der Waals surface area (Å²) in [7, 11) is 0. The summed E-state index contributed by atoms with van der Waals surface area (Å²) >= 11 is 0. The van der Waals surface area contributed by atoms with E-state index < -0.39 is 17.7 Å². The van der Waals surface area contributed by atoms with Crippen molar-refractivity contribution in [2.24, 2.45) is 5.73 Å². The Bertz CT molecular complexity index is 530. The first-order valence-corrected chi connectivity index (χ1v) is 4.77. The number of nitrogens with two attached hydrogens (primary N) is 1. The maximum atomic E-state index is 13.0. The molecule has 0 aliphatic heterocycles. The van der Waals surface area contributed by atoms with E-state index in [1.54, 1.807) is 0 Å². The van der Waals surface area contributed by atoms with E-state index in [4.69, 9.17) is 15.4 Å². The molecule has 0 unspecified atom stereocenters. The molecule has 3 N–H and O–H groups in total. The molecular formula is C10H9F2N3O2. The molecule has 17 heavy (non-hydrogen) atoms. The number of aliphatic hydroxyl groups is 1. The maximum absolute atomic E-state index is 13.0. The molecule has 2 rings (SSSR count). The molecule has 5 nitrogen and oxygen atoms in total. The minimum atomic E-state index is -1.000. The molecule has 1 atom stereocenters. The van der Waals surface area contributed by atoms with Gasteiger partial charge in [-0.3, -0.25) is 0 Å². The molecular weight excluding hydrogens is 232 g/mol. The van der Waals surface area contributed by atoms with Gasteiger partial charge in [-0.05, 0) is 18.2 Å². The standard InChI is InChI=1S/C10H9F2N3O2/c11-6-2-1-5(3-7(6)12)9-14-10(17-15-9)8(13)4-16/h1-3,8,16H,4,13H2/t8-/m0/s1. The second-order valence-electron chi connectivity index (χ2n) is 3.37. The molecule has 0 aliphatic carbocycles. The molecule has 1 aromatic carbocycles. The number of hydrogen-bond acceptors (Lipinski definition) is 5. The van der Waals surface area contributed by atoms with Gasteiger partial charge in [-0.2, -0.15) is 4.98 Å². The van der Waals surface area contributed by atoms with Crippen LogP contribution in [0.5, 0.6) is 0 Å². The van der Waals surface area contributed by atoms with Gasteiger partial charge in [0.25, 0.3) is 0 Å². The zero-order valence-electron chi connectivity index (χ0n) is 8.60. The average molecular weight is 241 g/mol. The number of aliphatic hydroxyl groups excluding tert-OH is 1. The normalized spacial score (nSPS) is 12.7. The Kier molecular flexibility index (Phi) is 3.12. The van der Waals surface area contributed by atoms with Crippen LogP contribution in [0.25, 0.3) is 11.4 Å². The van der Waals surface area contributed by atoms with Gasteiger partial charge in [0.15, 0.2) is 11.6 Å². The third kappa shape index (κ3) is 2.29. The van der Waals surface area contributed by atoms with Crippen LogP contribution in [-0.2, 0) is 0 Å². The smallest absolute Gasteiger partial charge is 0.246 e. The lowest BCUT2D eigenvalue weighted by Crippen LogP contribution is -2.14. The zero-order chi connectivity index (χ0) is 12.4. The minimum Gasteiger partial charge on any atom is -0.394 e. The molecule has 0 saturated carbocycles. The third-order valence-electron chi connectivity index (χ3n) is 2.13. The summed E-state index contributed by atoms with van der Waals surface area (Å²) in [5, 5.41) is 12.3. The van der Waals surface area contributed by atoms with Crippen LogP contribution in [0.15, 0.2) is 22.7 Å². The Morgan fingerprint density at radius 1 is 1.35 bits per heavy atom. The topological polar surface area (TPSA) is 85.2 Å². The Hall–Kier alpha value is -1.86. The highest BCUT2D eigenvalue weighted by Crippen LogP contribution is 2.19.